The van der Waals surface area contributed by atoms with Gasteiger partial charge in [-0.1, -0.05) is 13.8 Å². The Hall–Kier alpha value is -0.280. The molecule has 3 unspecified atom stereocenters. The van der Waals surface area contributed by atoms with Gasteiger partial charge in [-0.3, -0.25) is 0 Å². The highest BCUT2D eigenvalue weighted by molar-refractivity contribution is 5.07. The summed E-state index contributed by atoms with van der Waals surface area (Å²) in [6.45, 7) is 5.51. The summed E-state index contributed by atoms with van der Waals surface area (Å²) in [7, 11) is 0. The summed E-state index contributed by atoms with van der Waals surface area (Å²) in [5.41, 5.74) is 4.59. The molecular weight excluding hydrogens is 290 g/mol. The predicted molar refractivity (Wildman–Crippen MR) is 76.7 cm³/mol. The Balaban J connectivity index is 1.91. The van der Waals surface area contributed by atoms with E-state index in [0.29, 0.717) is 12.8 Å². The van der Waals surface area contributed by atoms with Crippen LogP contribution in [0.1, 0.15) is 40.0 Å². The molecule has 5 N–H and O–H groups in total. The minimum atomic E-state index is -1.98. The fraction of sp³-hybridized carbons (Fsp3) is 1.00. The van der Waals surface area contributed by atoms with Crippen LogP contribution < -0.4 is 5.73 Å². The smallest absolute Gasteiger partial charge is 0.248 e. The summed E-state index contributed by atoms with van der Waals surface area (Å²) in [5.74, 6) is -2.01. The molecule has 0 aromatic rings. The van der Waals surface area contributed by atoms with E-state index in [0.717, 1.165) is 0 Å². The maximum absolute atomic E-state index is 11.0. The number of aliphatic hydroxyl groups is 3. The van der Waals surface area contributed by atoms with Gasteiger partial charge in [0.1, 0.15) is 11.7 Å². The van der Waals surface area contributed by atoms with Crippen LogP contribution in [-0.4, -0.2) is 63.5 Å². The van der Waals surface area contributed by atoms with Gasteiger partial charge in [0.05, 0.1) is 24.4 Å². The van der Waals surface area contributed by atoms with Crippen molar-refractivity contribution in [2.24, 2.45) is 11.7 Å². The number of hydrogen-bond acceptors (Lipinski definition) is 7. The summed E-state index contributed by atoms with van der Waals surface area (Å²) in [4.78, 5) is 0. The van der Waals surface area contributed by atoms with Crippen molar-refractivity contribution in [3.8, 4) is 0 Å². The Labute approximate surface area is 130 Å². The van der Waals surface area contributed by atoms with E-state index in [4.69, 9.17) is 19.9 Å². The maximum Gasteiger partial charge on any atom is 0.248 e. The lowest BCUT2D eigenvalue weighted by molar-refractivity contribution is -0.478. The molecule has 0 amide bonds. The SMILES string of the molecule is CC[C@]1(O)C[C@@H](C)OC2OC3C[C@H](C)[C@H](O)[C@H](N)C3O[C@]21O. The van der Waals surface area contributed by atoms with Crippen molar-refractivity contribution in [1.29, 1.82) is 0 Å². The van der Waals surface area contributed by atoms with Gasteiger partial charge in [0, 0.05) is 6.42 Å². The maximum atomic E-state index is 11.0. The van der Waals surface area contributed by atoms with Crippen LogP contribution in [-0.2, 0) is 14.2 Å². The van der Waals surface area contributed by atoms with E-state index in [9.17, 15) is 15.3 Å². The van der Waals surface area contributed by atoms with Gasteiger partial charge in [-0.25, -0.2) is 0 Å². The molecule has 3 rings (SSSR count). The predicted octanol–water partition coefficient (Wildman–Crippen LogP) is -0.537. The molecule has 7 nitrogen and oxygen atoms in total. The van der Waals surface area contributed by atoms with Crippen molar-refractivity contribution in [3.05, 3.63) is 0 Å². The molecule has 3 aliphatic rings. The highest BCUT2D eigenvalue weighted by Crippen LogP contribution is 2.47. The molecular formula is C15H27NO6. The minimum absolute atomic E-state index is 0.0304. The van der Waals surface area contributed by atoms with Crippen LogP contribution in [0.2, 0.25) is 0 Å². The molecule has 0 aromatic heterocycles. The topological polar surface area (TPSA) is 114 Å². The molecule has 2 heterocycles. The van der Waals surface area contributed by atoms with Crippen molar-refractivity contribution in [2.45, 2.75) is 88.2 Å². The second-order valence-electron chi connectivity index (χ2n) is 7.10. The molecule has 9 atom stereocenters. The van der Waals surface area contributed by atoms with Gasteiger partial charge in [-0.15, -0.1) is 0 Å². The molecule has 0 spiro atoms. The zero-order chi connectivity index (χ0) is 16.3. The third-order valence-corrected chi connectivity index (χ3v) is 5.49. The molecule has 1 aliphatic carbocycles. The standard InChI is InChI=1S/C15H27NO6/c1-4-14(18)6-8(3)20-13-15(14,19)22-12-9(21-13)5-7(2)11(17)10(12)16/h7-13,17-19H,4-6,16H2,1-3H3/t7-,8+,9?,10-,11-,12?,13?,14-,15+/m0/s1. The van der Waals surface area contributed by atoms with E-state index < -0.39 is 35.9 Å². The van der Waals surface area contributed by atoms with Crippen LogP contribution in [0.5, 0.6) is 0 Å². The summed E-state index contributed by atoms with van der Waals surface area (Å²) in [6, 6.07) is -0.681. The van der Waals surface area contributed by atoms with Crippen molar-refractivity contribution in [2.75, 3.05) is 0 Å². The van der Waals surface area contributed by atoms with Gasteiger partial charge in [-0.05, 0) is 25.7 Å². The van der Waals surface area contributed by atoms with Gasteiger partial charge < -0.3 is 35.3 Å². The van der Waals surface area contributed by atoms with Crippen LogP contribution in [0, 0.1) is 5.92 Å². The van der Waals surface area contributed by atoms with Crippen molar-refractivity contribution >= 4 is 0 Å². The average molecular weight is 317 g/mol. The molecule has 2 aliphatic heterocycles. The average Bonchev–Trinajstić information content (AvgIpc) is 2.46. The Bertz CT molecular complexity index is 436. The first-order chi connectivity index (χ1) is 10.2. The first-order valence-corrected chi connectivity index (χ1v) is 8.09. The van der Waals surface area contributed by atoms with E-state index in [1.807, 2.05) is 13.8 Å². The highest BCUT2D eigenvalue weighted by Gasteiger charge is 2.66. The zero-order valence-electron chi connectivity index (χ0n) is 13.3. The summed E-state index contributed by atoms with van der Waals surface area (Å²) in [6.07, 6.45) is -1.99. The van der Waals surface area contributed by atoms with E-state index >= 15 is 0 Å². The highest BCUT2D eigenvalue weighted by atomic mass is 16.8. The summed E-state index contributed by atoms with van der Waals surface area (Å²) < 4.78 is 17.4. The monoisotopic (exact) mass is 317 g/mol. The molecule has 0 bridgehead atoms. The molecule has 0 aromatic carbocycles. The fourth-order valence-electron chi connectivity index (χ4n) is 3.99. The Morgan fingerprint density at radius 2 is 1.91 bits per heavy atom. The summed E-state index contributed by atoms with van der Waals surface area (Å²) >= 11 is 0. The first-order valence-electron chi connectivity index (χ1n) is 8.09. The number of rotatable bonds is 1. The Kier molecular flexibility index (Phi) is 4.05. The molecule has 2 saturated heterocycles. The number of nitrogens with two attached hydrogens (primary N) is 1. The molecule has 22 heavy (non-hydrogen) atoms. The lowest BCUT2D eigenvalue weighted by Crippen LogP contribution is -2.76. The second kappa shape index (κ2) is 5.37. The van der Waals surface area contributed by atoms with Gasteiger partial charge in [-0.2, -0.15) is 0 Å². The van der Waals surface area contributed by atoms with Gasteiger partial charge >= 0.3 is 0 Å². The van der Waals surface area contributed by atoms with Crippen molar-refractivity contribution < 1.29 is 29.5 Å². The van der Waals surface area contributed by atoms with Crippen molar-refractivity contribution in [3.63, 3.8) is 0 Å². The fourth-order valence-corrected chi connectivity index (χ4v) is 3.99. The first kappa shape index (κ1) is 16.6. The summed E-state index contributed by atoms with van der Waals surface area (Å²) in [5, 5.41) is 32.0. The van der Waals surface area contributed by atoms with Crippen LogP contribution in [0.25, 0.3) is 0 Å². The molecule has 128 valence electrons. The molecule has 1 saturated carbocycles. The normalized spacial score (nSPS) is 58.8. The van der Waals surface area contributed by atoms with Crippen LogP contribution in [0.3, 0.4) is 0 Å². The number of fused-ring (bicyclic) bond motifs is 2. The van der Waals surface area contributed by atoms with Gasteiger partial charge in [0.25, 0.3) is 0 Å². The quantitative estimate of drug-likeness (QED) is 0.513. The largest absolute Gasteiger partial charge is 0.391 e. The van der Waals surface area contributed by atoms with Gasteiger partial charge in [0.2, 0.25) is 12.1 Å². The van der Waals surface area contributed by atoms with Crippen LogP contribution in [0.4, 0.5) is 0 Å². The van der Waals surface area contributed by atoms with E-state index in [-0.39, 0.29) is 24.5 Å². The van der Waals surface area contributed by atoms with Crippen molar-refractivity contribution in [1.82, 2.24) is 0 Å². The molecule has 7 heteroatoms. The third kappa shape index (κ3) is 2.23. The van der Waals surface area contributed by atoms with Crippen LogP contribution in [0.15, 0.2) is 0 Å². The number of ether oxygens (including phenoxy) is 3. The lowest BCUT2D eigenvalue weighted by atomic mass is 9.77. The van der Waals surface area contributed by atoms with Gasteiger partial charge in [0.15, 0.2) is 0 Å². The lowest BCUT2D eigenvalue weighted by Gasteiger charge is -2.58. The zero-order valence-corrected chi connectivity index (χ0v) is 13.3. The number of hydrogen-bond donors (Lipinski definition) is 4. The molecule has 3 fully saturated rings. The number of aliphatic hydroxyl groups excluding tert-OH is 1. The van der Waals surface area contributed by atoms with E-state index in [2.05, 4.69) is 0 Å². The minimum Gasteiger partial charge on any atom is -0.391 e. The molecule has 0 radical (unpaired) electrons. The van der Waals surface area contributed by atoms with E-state index in [1.165, 1.54) is 0 Å². The van der Waals surface area contributed by atoms with Crippen LogP contribution >= 0.6 is 0 Å². The van der Waals surface area contributed by atoms with E-state index in [1.54, 1.807) is 6.92 Å². The third-order valence-electron chi connectivity index (χ3n) is 5.49. The Morgan fingerprint density at radius 1 is 1.23 bits per heavy atom. The Morgan fingerprint density at radius 3 is 2.55 bits per heavy atom. The second-order valence-corrected chi connectivity index (χ2v) is 7.10.